The van der Waals surface area contributed by atoms with Gasteiger partial charge in [0.05, 0.1) is 24.8 Å². The number of halogens is 5. The lowest BCUT2D eigenvalue weighted by Gasteiger charge is -2.32. The van der Waals surface area contributed by atoms with Gasteiger partial charge in [-0.25, -0.2) is 13.6 Å². The Balaban J connectivity index is 1.92. The van der Waals surface area contributed by atoms with Crippen LogP contribution in [-0.2, 0) is 24.1 Å². The second-order valence-corrected chi connectivity index (χ2v) is 11.3. The molecule has 1 heterocycles. The lowest BCUT2D eigenvalue weighted by atomic mass is 9.83. The highest BCUT2D eigenvalue weighted by Gasteiger charge is 2.35. The first kappa shape index (κ1) is 33.9. The van der Waals surface area contributed by atoms with Crippen molar-refractivity contribution in [2.45, 2.75) is 77.2 Å². The number of hydrogen-bond donors (Lipinski definition) is 2. The van der Waals surface area contributed by atoms with Crippen molar-refractivity contribution in [2.75, 3.05) is 13.7 Å². The molecule has 13 heteroatoms. The van der Waals surface area contributed by atoms with Crippen molar-refractivity contribution in [3.05, 3.63) is 85.7 Å². The van der Waals surface area contributed by atoms with Gasteiger partial charge in [0.1, 0.15) is 5.82 Å². The molecular formula is C32H36F5N3O5. The molecule has 1 aromatic heterocycles. The van der Waals surface area contributed by atoms with Crippen LogP contribution in [0.1, 0.15) is 61.8 Å². The molecule has 1 atom stereocenters. The van der Waals surface area contributed by atoms with Gasteiger partial charge in [-0.3, -0.25) is 18.7 Å². The first-order chi connectivity index (χ1) is 21.3. The fraction of sp³-hybridized carbons (Fsp3) is 0.469. The number of aromatic nitrogens is 2. The Hall–Kier alpha value is -4.00. The van der Waals surface area contributed by atoms with E-state index in [0.29, 0.717) is 12.5 Å². The van der Waals surface area contributed by atoms with E-state index in [9.17, 15) is 31.9 Å². The van der Waals surface area contributed by atoms with Gasteiger partial charge >= 0.3 is 17.8 Å². The predicted octanol–water partition coefficient (Wildman–Crippen LogP) is 5.74. The molecule has 1 fully saturated rings. The van der Waals surface area contributed by atoms with Gasteiger partial charge in [0, 0.05) is 35.8 Å². The molecule has 3 aromatic rings. The molecule has 0 amide bonds. The fourth-order valence-electron chi connectivity index (χ4n) is 6.10. The SMILES string of the molecule is COc1cccc(-c2c(C)n(Cc3c(F)cccc3C(F)(F)F)c(=O)n(C[C@@H](NCCCC(=O)O)C3CCCCC3)c2=O)c1F. The van der Waals surface area contributed by atoms with Gasteiger partial charge in [-0.1, -0.05) is 37.5 Å². The quantitative estimate of drug-likeness (QED) is 0.194. The van der Waals surface area contributed by atoms with Gasteiger partial charge in [0.2, 0.25) is 0 Å². The largest absolute Gasteiger partial charge is 0.494 e. The van der Waals surface area contributed by atoms with Crippen molar-refractivity contribution in [1.29, 1.82) is 0 Å². The maximum atomic E-state index is 15.6. The number of ether oxygens (including phenoxy) is 1. The Labute approximate surface area is 256 Å². The second-order valence-electron chi connectivity index (χ2n) is 11.3. The molecule has 8 nitrogen and oxygen atoms in total. The Morgan fingerprint density at radius 3 is 2.40 bits per heavy atom. The summed E-state index contributed by atoms with van der Waals surface area (Å²) in [5.41, 5.74) is -4.56. The fourth-order valence-corrected chi connectivity index (χ4v) is 6.10. The summed E-state index contributed by atoms with van der Waals surface area (Å²) >= 11 is 0. The molecule has 0 unspecified atom stereocenters. The van der Waals surface area contributed by atoms with E-state index in [-0.39, 0.29) is 48.0 Å². The summed E-state index contributed by atoms with van der Waals surface area (Å²) in [6, 6.07) is 6.07. The molecule has 0 saturated heterocycles. The highest BCUT2D eigenvalue weighted by atomic mass is 19.4. The summed E-state index contributed by atoms with van der Waals surface area (Å²) in [5.74, 6) is -3.24. The van der Waals surface area contributed by atoms with Crippen LogP contribution in [0.15, 0.2) is 46.0 Å². The van der Waals surface area contributed by atoms with Gasteiger partial charge in [-0.05, 0) is 56.8 Å². The molecule has 0 aliphatic heterocycles. The molecule has 1 saturated carbocycles. The number of carbonyl (C=O) groups is 1. The number of hydrogen-bond acceptors (Lipinski definition) is 5. The average molecular weight is 638 g/mol. The van der Waals surface area contributed by atoms with Crippen molar-refractivity contribution >= 4 is 5.97 Å². The smallest absolute Gasteiger partial charge is 0.416 e. The molecule has 0 radical (unpaired) electrons. The summed E-state index contributed by atoms with van der Waals surface area (Å²) in [6.45, 7) is 0.505. The minimum Gasteiger partial charge on any atom is -0.494 e. The molecular weight excluding hydrogens is 601 g/mol. The molecule has 2 aromatic carbocycles. The molecule has 0 bridgehead atoms. The zero-order valence-electron chi connectivity index (χ0n) is 25.1. The van der Waals surface area contributed by atoms with Crippen molar-refractivity contribution in [1.82, 2.24) is 14.5 Å². The number of carboxylic acid groups (broad SMARTS) is 1. The van der Waals surface area contributed by atoms with Crippen LogP contribution >= 0.6 is 0 Å². The molecule has 0 spiro atoms. The van der Waals surface area contributed by atoms with Crippen LogP contribution in [-0.4, -0.2) is 39.9 Å². The van der Waals surface area contributed by atoms with Crippen molar-refractivity contribution in [3.63, 3.8) is 0 Å². The monoisotopic (exact) mass is 637 g/mol. The van der Waals surface area contributed by atoms with Crippen LogP contribution < -0.4 is 21.3 Å². The summed E-state index contributed by atoms with van der Waals surface area (Å²) in [5, 5.41) is 12.3. The van der Waals surface area contributed by atoms with Crippen molar-refractivity contribution < 1.29 is 36.6 Å². The molecule has 1 aliphatic carbocycles. The maximum Gasteiger partial charge on any atom is 0.416 e. The third-order valence-corrected chi connectivity index (χ3v) is 8.45. The zero-order valence-corrected chi connectivity index (χ0v) is 25.1. The molecule has 1 aliphatic rings. The number of aliphatic carboxylic acids is 1. The third kappa shape index (κ3) is 7.63. The van der Waals surface area contributed by atoms with Gasteiger partial charge < -0.3 is 15.2 Å². The van der Waals surface area contributed by atoms with Crippen LogP contribution in [0.25, 0.3) is 11.1 Å². The maximum absolute atomic E-state index is 15.6. The lowest BCUT2D eigenvalue weighted by molar-refractivity contribution is -0.138. The minimum absolute atomic E-state index is 0.0186. The number of rotatable bonds is 12. The molecule has 2 N–H and O–H groups in total. The Kier molecular flexibility index (Phi) is 10.8. The molecule has 244 valence electrons. The Morgan fingerprint density at radius 1 is 1.07 bits per heavy atom. The van der Waals surface area contributed by atoms with Gasteiger partial charge in [0.15, 0.2) is 11.6 Å². The van der Waals surface area contributed by atoms with E-state index in [1.165, 1.54) is 32.2 Å². The molecule has 45 heavy (non-hydrogen) atoms. The highest BCUT2D eigenvalue weighted by Crippen LogP contribution is 2.34. The van der Waals surface area contributed by atoms with Crippen LogP contribution in [0.2, 0.25) is 0 Å². The summed E-state index contributed by atoms with van der Waals surface area (Å²) in [7, 11) is 1.23. The Bertz CT molecular complexity index is 1640. The van der Waals surface area contributed by atoms with E-state index >= 15 is 4.39 Å². The van der Waals surface area contributed by atoms with E-state index < -0.39 is 58.7 Å². The van der Waals surface area contributed by atoms with Crippen LogP contribution in [0.4, 0.5) is 22.0 Å². The van der Waals surface area contributed by atoms with Crippen LogP contribution in [0.5, 0.6) is 5.75 Å². The van der Waals surface area contributed by atoms with Crippen LogP contribution in [0, 0.1) is 24.5 Å². The summed E-state index contributed by atoms with van der Waals surface area (Å²) < 4.78 is 79.1. The van der Waals surface area contributed by atoms with E-state index in [0.717, 1.165) is 53.4 Å². The van der Waals surface area contributed by atoms with Gasteiger partial charge in [-0.15, -0.1) is 0 Å². The zero-order chi connectivity index (χ0) is 32.9. The number of benzene rings is 2. The normalized spacial score (nSPS) is 14.8. The highest BCUT2D eigenvalue weighted by molar-refractivity contribution is 5.67. The van der Waals surface area contributed by atoms with E-state index in [4.69, 9.17) is 9.84 Å². The van der Waals surface area contributed by atoms with Crippen molar-refractivity contribution in [2.24, 2.45) is 5.92 Å². The van der Waals surface area contributed by atoms with Gasteiger partial charge in [-0.2, -0.15) is 13.2 Å². The van der Waals surface area contributed by atoms with Crippen molar-refractivity contribution in [3.8, 4) is 16.9 Å². The summed E-state index contributed by atoms with van der Waals surface area (Å²) in [4.78, 5) is 39.1. The number of carboxylic acids is 1. The summed E-state index contributed by atoms with van der Waals surface area (Å²) in [6.07, 6.45) is -0.318. The Morgan fingerprint density at radius 2 is 1.76 bits per heavy atom. The van der Waals surface area contributed by atoms with Gasteiger partial charge in [0.25, 0.3) is 5.56 Å². The number of nitrogens with zero attached hydrogens (tertiary/aromatic N) is 2. The topological polar surface area (TPSA) is 103 Å². The van der Waals surface area contributed by atoms with E-state index in [1.54, 1.807) is 0 Å². The first-order valence-corrected chi connectivity index (χ1v) is 14.8. The standard InChI is InChI=1S/C32H36F5N3O5/c1-19-28(21-11-6-14-26(45-2)29(21)34)30(43)40(18-25(20-9-4-3-5-10-20)38-16-8-15-27(41)42)31(44)39(19)17-22-23(32(35,36)37)12-7-13-24(22)33/h6-7,11-14,20,25,38H,3-5,8-10,15-18H2,1-2H3,(H,41,42)/t25-/m1/s1. The van der Waals surface area contributed by atoms with E-state index in [1.807, 2.05) is 0 Å². The number of methoxy groups -OCH3 is 1. The number of alkyl halides is 3. The van der Waals surface area contributed by atoms with E-state index in [2.05, 4.69) is 5.32 Å². The second kappa shape index (κ2) is 14.4. The molecule has 4 rings (SSSR count). The lowest BCUT2D eigenvalue weighted by Crippen LogP contribution is -2.49. The average Bonchev–Trinajstić information content (AvgIpc) is 2.99. The first-order valence-electron chi connectivity index (χ1n) is 14.8. The number of nitrogens with one attached hydrogen (secondary N) is 1. The van der Waals surface area contributed by atoms with Crippen LogP contribution in [0.3, 0.4) is 0 Å². The predicted molar refractivity (Wildman–Crippen MR) is 157 cm³/mol. The minimum atomic E-state index is -4.93. The third-order valence-electron chi connectivity index (χ3n) is 8.45.